The lowest BCUT2D eigenvalue weighted by atomic mass is 10.1. The molecule has 0 spiro atoms. The van der Waals surface area contributed by atoms with Crippen molar-refractivity contribution in [3.8, 4) is 23.7 Å². The van der Waals surface area contributed by atoms with Crippen LogP contribution in [0.3, 0.4) is 0 Å². The quantitative estimate of drug-likeness (QED) is 0.522. The average molecular weight is 222 g/mol. The third-order valence-corrected chi connectivity index (χ3v) is 2.36. The van der Waals surface area contributed by atoms with Crippen LogP contribution in [0.1, 0.15) is 37.3 Å². The first-order valence-corrected chi connectivity index (χ1v) is 6.05. The number of hydrogen-bond acceptors (Lipinski definition) is 0. The maximum Gasteiger partial charge on any atom is 0.0278 e. The molecule has 0 radical (unpaired) electrons. The third-order valence-electron chi connectivity index (χ3n) is 2.36. The van der Waals surface area contributed by atoms with E-state index in [2.05, 4.69) is 43.6 Å². The van der Waals surface area contributed by atoms with Gasteiger partial charge in [-0.15, -0.1) is 0 Å². The van der Waals surface area contributed by atoms with Crippen molar-refractivity contribution in [1.82, 2.24) is 0 Å². The lowest BCUT2D eigenvalue weighted by Crippen LogP contribution is -1.78. The molecule has 0 aliphatic carbocycles. The summed E-state index contributed by atoms with van der Waals surface area (Å²) in [4.78, 5) is 0. The molecule has 0 fully saturated rings. The number of allylic oxidation sites excluding steroid dienone is 2. The molecule has 0 amide bonds. The van der Waals surface area contributed by atoms with Crippen LogP contribution in [0, 0.1) is 30.6 Å². The Morgan fingerprint density at radius 1 is 1.12 bits per heavy atom. The standard InChI is InChI=1S/C17H18/c1-3-4-5-6-7-8-9-10-14-17-15-12-11-13-16(17)2/h8-9,11-13,15H,3-5H2,1-2H3. The second-order valence-electron chi connectivity index (χ2n) is 3.84. The van der Waals surface area contributed by atoms with E-state index >= 15 is 0 Å². The lowest BCUT2D eigenvalue weighted by Gasteiger charge is -1.93. The van der Waals surface area contributed by atoms with E-state index in [4.69, 9.17) is 0 Å². The highest BCUT2D eigenvalue weighted by molar-refractivity contribution is 5.42. The van der Waals surface area contributed by atoms with Gasteiger partial charge in [0.05, 0.1) is 0 Å². The Labute approximate surface area is 105 Å². The van der Waals surface area contributed by atoms with Gasteiger partial charge in [0.25, 0.3) is 0 Å². The van der Waals surface area contributed by atoms with Crippen molar-refractivity contribution in [3.05, 3.63) is 47.5 Å². The first kappa shape index (κ1) is 13.1. The summed E-state index contributed by atoms with van der Waals surface area (Å²) in [5, 5.41) is 0. The van der Waals surface area contributed by atoms with Crippen molar-refractivity contribution in [2.75, 3.05) is 0 Å². The van der Waals surface area contributed by atoms with E-state index in [0.717, 1.165) is 12.0 Å². The number of rotatable bonds is 2. The van der Waals surface area contributed by atoms with Crippen molar-refractivity contribution in [2.45, 2.75) is 33.1 Å². The van der Waals surface area contributed by atoms with E-state index in [1.807, 2.05) is 30.4 Å². The van der Waals surface area contributed by atoms with Gasteiger partial charge in [0.2, 0.25) is 0 Å². The Bertz CT molecular complexity index is 484. The first-order chi connectivity index (χ1) is 8.34. The molecule has 0 saturated carbocycles. The SMILES string of the molecule is CCCCC#CC=CC#Cc1ccccc1C. The summed E-state index contributed by atoms with van der Waals surface area (Å²) >= 11 is 0. The van der Waals surface area contributed by atoms with Gasteiger partial charge in [-0.25, -0.2) is 0 Å². The topological polar surface area (TPSA) is 0 Å². The monoisotopic (exact) mass is 222 g/mol. The first-order valence-electron chi connectivity index (χ1n) is 6.05. The van der Waals surface area contributed by atoms with Gasteiger partial charge in [-0.1, -0.05) is 55.2 Å². The number of unbranched alkanes of at least 4 members (excludes halogenated alkanes) is 2. The minimum atomic E-state index is 0.978. The van der Waals surface area contributed by atoms with Crippen LogP contribution < -0.4 is 0 Å². The summed E-state index contributed by atoms with van der Waals surface area (Å²) in [7, 11) is 0. The van der Waals surface area contributed by atoms with Crippen molar-refractivity contribution >= 4 is 0 Å². The minimum Gasteiger partial charge on any atom is -0.0985 e. The fraction of sp³-hybridized carbons (Fsp3) is 0.294. The molecule has 1 aromatic carbocycles. The Balaban J connectivity index is 2.48. The highest BCUT2D eigenvalue weighted by atomic mass is 13.9. The van der Waals surface area contributed by atoms with Crippen molar-refractivity contribution < 1.29 is 0 Å². The van der Waals surface area contributed by atoms with Crippen molar-refractivity contribution in [2.24, 2.45) is 0 Å². The number of hydrogen-bond donors (Lipinski definition) is 0. The Hall–Kier alpha value is -1.92. The minimum absolute atomic E-state index is 0.978. The summed E-state index contributed by atoms with van der Waals surface area (Å²) in [6.07, 6.45) is 6.99. The molecule has 1 aromatic rings. The lowest BCUT2D eigenvalue weighted by molar-refractivity contribution is 0.828. The van der Waals surface area contributed by atoms with Gasteiger partial charge in [-0.2, -0.15) is 0 Å². The fourth-order valence-corrected chi connectivity index (χ4v) is 1.31. The van der Waals surface area contributed by atoms with Crippen LogP contribution in [0.15, 0.2) is 36.4 Å². The molecule has 0 atom stereocenters. The molecule has 0 unspecified atom stereocenters. The van der Waals surface area contributed by atoms with Gasteiger partial charge >= 0.3 is 0 Å². The highest BCUT2D eigenvalue weighted by Gasteiger charge is 1.88. The van der Waals surface area contributed by atoms with Gasteiger partial charge in [-0.3, -0.25) is 0 Å². The van der Waals surface area contributed by atoms with Crippen LogP contribution in [-0.4, -0.2) is 0 Å². The zero-order valence-corrected chi connectivity index (χ0v) is 10.6. The molecule has 0 heteroatoms. The van der Waals surface area contributed by atoms with E-state index in [0.29, 0.717) is 0 Å². The van der Waals surface area contributed by atoms with Crippen LogP contribution >= 0.6 is 0 Å². The molecule has 0 nitrogen and oxygen atoms in total. The molecule has 0 aliphatic rings. The van der Waals surface area contributed by atoms with Crippen LogP contribution in [0.5, 0.6) is 0 Å². The largest absolute Gasteiger partial charge is 0.0985 e. The highest BCUT2D eigenvalue weighted by Crippen LogP contribution is 2.04. The third kappa shape index (κ3) is 5.64. The van der Waals surface area contributed by atoms with Gasteiger partial charge in [0, 0.05) is 12.0 Å². The second kappa shape index (κ2) is 8.26. The molecule has 0 bridgehead atoms. The summed E-state index contributed by atoms with van der Waals surface area (Å²) in [6.45, 7) is 4.24. The predicted octanol–water partition coefficient (Wildman–Crippen LogP) is 4.10. The van der Waals surface area contributed by atoms with Gasteiger partial charge < -0.3 is 0 Å². The summed E-state index contributed by atoms with van der Waals surface area (Å²) < 4.78 is 0. The smallest absolute Gasteiger partial charge is 0.0278 e. The predicted molar refractivity (Wildman–Crippen MR) is 74.5 cm³/mol. The Kier molecular flexibility index (Phi) is 6.39. The number of benzene rings is 1. The van der Waals surface area contributed by atoms with E-state index < -0.39 is 0 Å². The van der Waals surface area contributed by atoms with Gasteiger partial charge in [-0.05, 0) is 37.1 Å². The molecule has 0 aromatic heterocycles. The maximum absolute atomic E-state index is 3.11. The number of aryl methyl sites for hydroxylation is 1. The summed E-state index contributed by atoms with van der Waals surface area (Å²) in [6, 6.07) is 8.13. The Morgan fingerprint density at radius 2 is 1.88 bits per heavy atom. The van der Waals surface area contributed by atoms with Crippen molar-refractivity contribution in [1.29, 1.82) is 0 Å². The van der Waals surface area contributed by atoms with E-state index in [9.17, 15) is 0 Å². The molecule has 0 saturated heterocycles. The zero-order chi connectivity index (χ0) is 12.3. The molecule has 0 N–H and O–H groups in total. The normalized spacial score (nSPS) is 9.29. The van der Waals surface area contributed by atoms with Crippen LogP contribution in [-0.2, 0) is 0 Å². The molecule has 17 heavy (non-hydrogen) atoms. The van der Waals surface area contributed by atoms with Gasteiger partial charge in [0.15, 0.2) is 0 Å². The molecule has 0 heterocycles. The Morgan fingerprint density at radius 3 is 2.65 bits per heavy atom. The van der Waals surface area contributed by atoms with E-state index in [1.165, 1.54) is 18.4 Å². The molecule has 1 rings (SSSR count). The van der Waals surface area contributed by atoms with E-state index in [-0.39, 0.29) is 0 Å². The molecule has 0 aliphatic heterocycles. The van der Waals surface area contributed by atoms with Crippen molar-refractivity contribution in [3.63, 3.8) is 0 Å². The maximum atomic E-state index is 3.11. The van der Waals surface area contributed by atoms with Crippen LogP contribution in [0.4, 0.5) is 0 Å². The van der Waals surface area contributed by atoms with Crippen LogP contribution in [0.2, 0.25) is 0 Å². The average Bonchev–Trinajstić information content (AvgIpc) is 2.35. The fourth-order valence-electron chi connectivity index (χ4n) is 1.31. The summed E-state index contributed by atoms with van der Waals surface area (Å²) in [5.41, 5.74) is 2.29. The molecule has 86 valence electrons. The van der Waals surface area contributed by atoms with Crippen LogP contribution in [0.25, 0.3) is 0 Å². The summed E-state index contributed by atoms with van der Waals surface area (Å²) in [5.74, 6) is 12.2. The zero-order valence-electron chi connectivity index (χ0n) is 10.6. The van der Waals surface area contributed by atoms with Gasteiger partial charge in [0.1, 0.15) is 0 Å². The second-order valence-corrected chi connectivity index (χ2v) is 3.84. The van der Waals surface area contributed by atoms with E-state index in [1.54, 1.807) is 0 Å². The molecular formula is C17H18. The molecular weight excluding hydrogens is 204 g/mol.